The number of amides is 2. The van der Waals surface area contributed by atoms with Gasteiger partial charge in [-0.15, -0.1) is 0 Å². The third-order valence-electron chi connectivity index (χ3n) is 4.59. The molecule has 0 saturated carbocycles. The molecule has 2 aromatic carbocycles. The molecule has 7 heteroatoms. The van der Waals surface area contributed by atoms with E-state index in [9.17, 15) is 9.59 Å². The minimum absolute atomic E-state index is 0.0484. The minimum Gasteiger partial charge on any atom is -0.495 e. The molecule has 3 rings (SSSR count). The summed E-state index contributed by atoms with van der Waals surface area (Å²) in [5, 5.41) is 3.38. The Bertz CT molecular complexity index is 831. The predicted octanol–water partition coefficient (Wildman–Crippen LogP) is 2.99. The number of anilines is 1. The fourth-order valence-corrected chi connectivity index (χ4v) is 3.05. The summed E-state index contributed by atoms with van der Waals surface area (Å²) in [6.45, 7) is 3.08. The average molecular weight is 388 g/mol. The zero-order valence-electron chi connectivity index (χ0n) is 15.4. The number of hydrogen-bond donors (Lipinski definition) is 1. The van der Waals surface area contributed by atoms with Gasteiger partial charge in [-0.25, -0.2) is 0 Å². The Balaban J connectivity index is 1.80. The first-order chi connectivity index (χ1) is 13.0. The van der Waals surface area contributed by atoms with E-state index >= 15 is 0 Å². The molecule has 1 saturated heterocycles. The van der Waals surface area contributed by atoms with E-state index < -0.39 is 0 Å². The van der Waals surface area contributed by atoms with E-state index in [0.717, 1.165) is 13.1 Å². The molecule has 0 radical (unpaired) electrons. The van der Waals surface area contributed by atoms with E-state index in [1.807, 2.05) is 11.9 Å². The van der Waals surface area contributed by atoms with Gasteiger partial charge in [0, 0.05) is 42.3 Å². The molecule has 0 atom stereocenters. The Morgan fingerprint density at radius 2 is 1.63 bits per heavy atom. The molecule has 6 nitrogen and oxygen atoms in total. The van der Waals surface area contributed by atoms with Crippen LogP contribution >= 0.6 is 11.6 Å². The maximum absolute atomic E-state index is 12.8. The molecule has 142 valence electrons. The van der Waals surface area contributed by atoms with Crippen molar-refractivity contribution < 1.29 is 14.3 Å². The Kier molecular flexibility index (Phi) is 5.98. The molecule has 1 heterocycles. The van der Waals surface area contributed by atoms with E-state index in [2.05, 4.69) is 10.2 Å². The first-order valence-electron chi connectivity index (χ1n) is 8.70. The Labute approximate surface area is 163 Å². The third kappa shape index (κ3) is 4.59. The van der Waals surface area contributed by atoms with Crippen molar-refractivity contribution in [2.45, 2.75) is 0 Å². The van der Waals surface area contributed by atoms with Crippen LogP contribution in [-0.4, -0.2) is 62.0 Å². The quantitative estimate of drug-likeness (QED) is 0.876. The summed E-state index contributed by atoms with van der Waals surface area (Å²) in [6.07, 6.45) is 0. The van der Waals surface area contributed by atoms with Crippen molar-refractivity contribution >= 4 is 29.1 Å². The number of likely N-dealkylation sites (N-methyl/N-ethyl adjacent to an activating group) is 1. The highest BCUT2D eigenvalue weighted by molar-refractivity contribution is 6.30. The lowest BCUT2D eigenvalue weighted by atomic mass is 10.1. The molecular weight excluding hydrogens is 366 g/mol. The second-order valence-electron chi connectivity index (χ2n) is 6.47. The summed E-state index contributed by atoms with van der Waals surface area (Å²) in [7, 11) is 3.56. The molecule has 0 aromatic heterocycles. The lowest BCUT2D eigenvalue weighted by molar-refractivity contribution is 0.0664. The molecule has 2 amide bonds. The maximum atomic E-state index is 12.8. The zero-order valence-corrected chi connectivity index (χ0v) is 16.1. The van der Waals surface area contributed by atoms with Crippen LogP contribution < -0.4 is 10.1 Å². The largest absolute Gasteiger partial charge is 0.495 e. The van der Waals surface area contributed by atoms with Crippen LogP contribution in [0.15, 0.2) is 42.5 Å². The van der Waals surface area contributed by atoms with Crippen LogP contribution in [-0.2, 0) is 0 Å². The molecule has 0 spiro atoms. The number of nitrogens with zero attached hydrogens (tertiary/aromatic N) is 2. The first kappa shape index (κ1) is 19.2. The fraction of sp³-hybridized carbons (Fsp3) is 0.300. The van der Waals surface area contributed by atoms with Gasteiger partial charge < -0.3 is 19.9 Å². The van der Waals surface area contributed by atoms with Crippen LogP contribution in [0.5, 0.6) is 5.75 Å². The Morgan fingerprint density at radius 3 is 2.26 bits per heavy atom. The molecule has 0 unspecified atom stereocenters. The highest BCUT2D eigenvalue weighted by Gasteiger charge is 2.21. The van der Waals surface area contributed by atoms with Crippen molar-refractivity contribution in [3.05, 3.63) is 58.6 Å². The van der Waals surface area contributed by atoms with Gasteiger partial charge in [0.05, 0.1) is 12.8 Å². The lowest BCUT2D eigenvalue weighted by Gasteiger charge is -2.32. The monoisotopic (exact) mass is 387 g/mol. The van der Waals surface area contributed by atoms with Gasteiger partial charge in [0.1, 0.15) is 5.75 Å². The number of benzene rings is 2. The van der Waals surface area contributed by atoms with Crippen molar-refractivity contribution in [1.29, 1.82) is 0 Å². The first-order valence-corrected chi connectivity index (χ1v) is 9.08. The van der Waals surface area contributed by atoms with Crippen LogP contribution in [0.3, 0.4) is 0 Å². The Hall–Kier alpha value is -2.57. The number of carbonyl (C=O) groups excluding carboxylic acids is 2. The van der Waals surface area contributed by atoms with Crippen molar-refractivity contribution in [2.24, 2.45) is 0 Å². The van der Waals surface area contributed by atoms with Gasteiger partial charge in [-0.1, -0.05) is 11.6 Å². The van der Waals surface area contributed by atoms with Crippen molar-refractivity contribution in [3.8, 4) is 5.75 Å². The molecule has 27 heavy (non-hydrogen) atoms. The van der Waals surface area contributed by atoms with Gasteiger partial charge in [-0.05, 0) is 49.5 Å². The molecule has 0 bridgehead atoms. The van der Waals surface area contributed by atoms with E-state index in [1.165, 1.54) is 7.11 Å². The zero-order chi connectivity index (χ0) is 19.4. The fourth-order valence-electron chi connectivity index (χ4n) is 2.93. The third-order valence-corrected chi connectivity index (χ3v) is 4.84. The normalized spacial score (nSPS) is 14.7. The van der Waals surface area contributed by atoms with E-state index in [1.54, 1.807) is 42.5 Å². The molecule has 1 N–H and O–H groups in total. The van der Waals surface area contributed by atoms with Gasteiger partial charge in [-0.2, -0.15) is 0 Å². The summed E-state index contributed by atoms with van der Waals surface area (Å²) in [4.78, 5) is 29.3. The van der Waals surface area contributed by atoms with Gasteiger partial charge in [0.15, 0.2) is 0 Å². The van der Waals surface area contributed by atoms with E-state index in [0.29, 0.717) is 40.7 Å². The van der Waals surface area contributed by atoms with Crippen LogP contribution in [0.25, 0.3) is 0 Å². The van der Waals surface area contributed by atoms with Crippen molar-refractivity contribution in [2.75, 3.05) is 45.7 Å². The summed E-state index contributed by atoms with van der Waals surface area (Å²) in [6, 6.07) is 11.7. The number of carbonyl (C=O) groups is 2. The summed E-state index contributed by atoms with van der Waals surface area (Å²) >= 11 is 5.87. The number of methoxy groups -OCH3 is 1. The minimum atomic E-state index is -0.297. The highest BCUT2D eigenvalue weighted by Crippen LogP contribution is 2.27. The van der Waals surface area contributed by atoms with Crippen LogP contribution in [0.1, 0.15) is 20.7 Å². The van der Waals surface area contributed by atoms with E-state index in [-0.39, 0.29) is 11.8 Å². The molecule has 1 aliphatic rings. The standard InChI is InChI=1S/C20H22ClN3O3/c1-23-9-11-24(12-10-23)20(26)15-5-8-18(27-2)17(13-15)22-19(25)14-3-6-16(21)7-4-14/h3-8,13H,9-12H2,1-2H3,(H,22,25). The van der Waals surface area contributed by atoms with Gasteiger partial charge >= 0.3 is 0 Å². The molecule has 0 aliphatic carbocycles. The number of halogens is 1. The average Bonchev–Trinajstić information content (AvgIpc) is 2.68. The van der Waals surface area contributed by atoms with Gasteiger partial charge in [0.25, 0.3) is 11.8 Å². The molecular formula is C20H22ClN3O3. The van der Waals surface area contributed by atoms with E-state index in [4.69, 9.17) is 16.3 Å². The Morgan fingerprint density at radius 1 is 1.00 bits per heavy atom. The second kappa shape index (κ2) is 8.41. The summed E-state index contributed by atoms with van der Waals surface area (Å²) < 4.78 is 5.33. The molecule has 2 aromatic rings. The predicted molar refractivity (Wildman–Crippen MR) is 106 cm³/mol. The molecule has 1 aliphatic heterocycles. The van der Waals surface area contributed by atoms with Gasteiger partial charge in [-0.3, -0.25) is 9.59 Å². The van der Waals surface area contributed by atoms with Crippen molar-refractivity contribution in [3.63, 3.8) is 0 Å². The smallest absolute Gasteiger partial charge is 0.255 e. The van der Waals surface area contributed by atoms with Crippen LogP contribution in [0.4, 0.5) is 5.69 Å². The highest BCUT2D eigenvalue weighted by atomic mass is 35.5. The second-order valence-corrected chi connectivity index (χ2v) is 6.91. The molecule has 1 fully saturated rings. The maximum Gasteiger partial charge on any atom is 0.255 e. The number of rotatable bonds is 4. The SMILES string of the molecule is COc1ccc(C(=O)N2CCN(C)CC2)cc1NC(=O)c1ccc(Cl)cc1. The number of piperazine rings is 1. The number of nitrogens with one attached hydrogen (secondary N) is 1. The lowest BCUT2D eigenvalue weighted by Crippen LogP contribution is -2.47. The van der Waals surface area contributed by atoms with Crippen LogP contribution in [0.2, 0.25) is 5.02 Å². The number of ether oxygens (including phenoxy) is 1. The van der Waals surface area contributed by atoms with Crippen molar-refractivity contribution in [1.82, 2.24) is 9.80 Å². The van der Waals surface area contributed by atoms with Crippen LogP contribution in [0, 0.1) is 0 Å². The summed E-state index contributed by atoms with van der Waals surface area (Å²) in [5.41, 5.74) is 1.45. The topological polar surface area (TPSA) is 61.9 Å². The summed E-state index contributed by atoms with van der Waals surface area (Å²) in [5.74, 6) is 0.147. The van der Waals surface area contributed by atoms with Gasteiger partial charge in [0.2, 0.25) is 0 Å². The number of hydrogen-bond acceptors (Lipinski definition) is 4.